The summed E-state index contributed by atoms with van der Waals surface area (Å²) < 4.78 is 49.2. The normalized spacial score (nSPS) is 15.3. The van der Waals surface area contributed by atoms with E-state index in [1.165, 1.54) is 29.8 Å². The summed E-state index contributed by atoms with van der Waals surface area (Å²) in [5.41, 5.74) is 0.839. The molecule has 0 atom stereocenters. The van der Waals surface area contributed by atoms with E-state index in [-0.39, 0.29) is 47.9 Å². The first kappa shape index (κ1) is 24.2. The molecule has 176 valence electrons. The lowest BCUT2D eigenvalue weighted by Crippen LogP contribution is -2.49. The zero-order chi connectivity index (χ0) is 23.5. The highest BCUT2D eigenvalue weighted by atomic mass is 32.2. The molecule has 1 heterocycles. The van der Waals surface area contributed by atoms with E-state index in [1.54, 1.807) is 19.9 Å². The van der Waals surface area contributed by atoms with E-state index >= 15 is 0 Å². The number of nitrogens with one attached hydrogen (secondary N) is 2. The largest absolute Gasteiger partial charge is 0.396 e. The van der Waals surface area contributed by atoms with Gasteiger partial charge in [0, 0.05) is 25.8 Å². The Bertz CT molecular complexity index is 1140. The highest BCUT2D eigenvalue weighted by Crippen LogP contribution is 2.43. The van der Waals surface area contributed by atoms with Crippen LogP contribution in [0.15, 0.2) is 29.1 Å². The molecular formula is C22H30FN3O5S. The molecule has 8 nitrogen and oxygen atoms in total. The van der Waals surface area contributed by atoms with Crippen LogP contribution in [0.5, 0.6) is 0 Å². The Hall–Kier alpha value is -2.43. The van der Waals surface area contributed by atoms with E-state index in [1.807, 2.05) is 0 Å². The number of aromatic nitrogens is 1. The third-order valence-corrected chi connectivity index (χ3v) is 8.22. The minimum Gasteiger partial charge on any atom is -0.396 e. The monoisotopic (exact) mass is 467 g/mol. The van der Waals surface area contributed by atoms with Crippen LogP contribution in [0.2, 0.25) is 0 Å². The first-order valence-electron chi connectivity index (χ1n) is 10.6. The Labute approximate surface area is 187 Å². The molecule has 2 aromatic rings. The molecule has 1 fully saturated rings. The van der Waals surface area contributed by atoms with Crippen molar-refractivity contribution in [3.05, 3.63) is 51.6 Å². The zero-order valence-corrected chi connectivity index (χ0v) is 19.4. The Morgan fingerprint density at radius 2 is 1.97 bits per heavy atom. The number of aliphatic hydroxyl groups excluding tert-OH is 1. The fourth-order valence-electron chi connectivity index (χ4n) is 3.88. The summed E-state index contributed by atoms with van der Waals surface area (Å²) in [6.07, 6.45) is 1.75. The molecule has 1 saturated carbocycles. The van der Waals surface area contributed by atoms with Crippen LogP contribution in [0.4, 0.5) is 21.6 Å². The molecule has 0 spiro atoms. The van der Waals surface area contributed by atoms with Crippen molar-refractivity contribution in [2.24, 2.45) is 7.05 Å². The van der Waals surface area contributed by atoms with Gasteiger partial charge >= 0.3 is 0 Å². The molecule has 0 aliphatic heterocycles. The number of anilines is 3. The molecule has 0 saturated heterocycles. The summed E-state index contributed by atoms with van der Waals surface area (Å²) in [4.78, 5) is 12.8. The average molecular weight is 468 g/mol. The van der Waals surface area contributed by atoms with Crippen LogP contribution in [0.25, 0.3) is 0 Å². The summed E-state index contributed by atoms with van der Waals surface area (Å²) in [5.74, 6) is -0.416. The summed E-state index contributed by atoms with van der Waals surface area (Å²) in [7, 11) is -2.42. The van der Waals surface area contributed by atoms with Gasteiger partial charge in [0.15, 0.2) is 0 Å². The van der Waals surface area contributed by atoms with Gasteiger partial charge in [-0.2, -0.15) is 0 Å². The number of halogens is 1. The number of hydrogen-bond donors (Lipinski definition) is 3. The number of pyridine rings is 1. The lowest BCUT2D eigenvalue weighted by Gasteiger charge is -2.40. The van der Waals surface area contributed by atoms with Crippen molar-refractivity contribution < 1.29 is 22.7 Å². The molecule has 1 aromatic carbocycles. The van der Waals surface area contributed by atoms with Crippen molar-refractivity contribution in [2.75, 3.05) is 23.3 Å². The smallest absolute Gasteiger partial charge is 0.257 e. The lowest BCUT2D eigenvalue weighted by atomic mass is 9.82. The molecule has 32 heavy (non-hydrogen) atoms. The fourth-order valence-corrected chi connectivity index (χ4v) is 5.72. The standard InChI is InChI=1S/C22H30FN3O5S/c1-4-31-14-16-13-19(25-32(29,30)22(10-11-27)8-5-9-22)20(26(3)21(16)28)24-18-7-6-15(2)12-17(18)23/h6-7,12-13,24-25,27H,4-5,8-11,14H2,1-3H3. The highest BCUT2D eigenvalue weighted by molar-refractivity contribution is 7.94. The minimum atomic E-state index is -3.90. The summed E-state index contributed by atoms with van der Waals surface area (Å²) in [6, 6.07) is 6.01. The number of aliphatic hydroxyl groups is 1. The second kappa shape index (κ2) is 9.60. The van der Waals surface area contributed by atoms with Crippen molar-refractivity contribution in [3.8, 4) is 0 Å². The third-order valence-electron chi connectivity index (χ3n) is 5.97. The van der Waals surface area contributed by atoms with Gasteiger partial charge in [0.25, 0.3) is 5.56 Å². The van der Waals surface area contributed by atoms with Crippen LogP contribution in [0, 0.1) is 12.7 Å². The maximum absolute atomic E-state index is 14.5. The highest BCUT2D eigenvalue weighted by Gasteiger charge is 2.48. The van der Waals surface area contributed by atoms with Gasteiger partial charge in [0.1, 0.15) is 11.6 Å². The molecule has 0 radical (unpaired) electrons. The van der Waals surface area contributed by atoms with Crippen LogP contribution in [-0.4, -0.2) is 36.1 Å². The van der Waals surface area contributed by atoms with Crippen LogP contribution >= 0.6 is 0 Å². The number of hydrogen-bond acceptors (Lipinski definition) is 6. The van der Waals surface area contributed by atoms with Gasteiger partial charge in [-0.25, -0.2) is 12.8 Å². The first-order chi connectivity index (χ1) is 15.1. The third kappa shape index (κ3) is 4.67. The van der Waals surface area contributed by atoms with E-state index in [9.17, 15) is 22.7 Å². The van der Waals surface area contributed by atoms with Crippen molar-refractivity contribution >= 4 is 27.2 Å². The summed E-state index contributed by atoms with van der Waals surface area (Å²) in [6.45, 7) is 3.70. The molecule has 0 amide bonds. The Kier molecular flexibility index (Phi) is 7.26. The number of sulfonamides is 1. The van der Waals surface area contributed by atoms with E-state index in [0.717, 1.165) is 12.0 Å². The Morgan fingerprint density at radius 3 is 2.53 bits per heavy atom. The van der Waals surface area contributed by atoms with Gasteiger partial charge in [-0.15, -0.1) is 0 Å². The summed E-state index contributed by atoms with van der Waals surface area (Å²) >= 11 is 0. The SMILES string of the molecule is CCOCc1cc(NS(=O)(=O)C2(CCO)CCC2)c(Nc2ccc(C)cc2F)n(C)c1=O. The lowest BCUT2D eigenvalue weighted by molar-refractivity contribution is 0.133. The molecule has 1 aliphatic carbocycles. The maximum Gasteiger partial charge on any atom is 0.257 e. The molecule has 0 bridgehead atoms. The van der Waals surface area contributed by atoms with Crippen LogP contribution in [-0.2, 0) is 28.4 Å². The molecule has 10 heteroatoms. The predicted molar refractivity (Wildman–Crippen MR) is 122 cm³/mol. The van der Waals surface area contributed by atoms with Crippen molar-refractivity contribution in [1.29, 1.82) is 0 Å². The molecule has 3 N–H and O–H groups in total. The quantitative estimate of drug-likeness (QED) is 0.495. The maximum atomic E-state index is 14.5. The van der Waals surface area contributed by atoms with Crippen LogP contribution < -0.4 is 15.6 Å². The molecule has 3 rings (SSSR count). The van der Waals surface area contributed by atoms with Gasteiger partial charge in [-0.05, 0) is 56.9 Å². The van der Waals surface area contributed by atoms with Crippen LogP contribution in [0.3, 0.4) is 0 Å². The van der Waals surface area contributed by atoms with Crippen LogP contribution in [0.1, 0.15) is 43.7 Å². The number of rotatable bonds is 10. The molecule has 1 aliphatic rings. The average Bonchev–Trinajstić information content (AvgIpc) is 2.70. The Morgan fingerprint density at radius 1 is 1.25 bits per heavy atom. The molecular weight excluding hydrogens is 437 g/mol. The number of benzene rings is 1. The number of nitrogens with zero attached hydrogens (tertiary/aromatic N) is 1. The zero-order valence-electron chi connectivity index (χ0n) is 18.6. The molecule has 0 unspecified atom stereocenters. The van der Waals surface area contributed by atoms with E-state index < -0.39 is 20.6 Å². The van der Waals surface area contributed by atoms with Gasteiger partial charge < -0.3 is 15.2 Å². The van der Waals surface area contributed by atoms with Crippen molar-refractivity contribution in [3.63, 3.8) is 0 Å². The number of aryl methyl sites for hydroxylation is 1. The summed E-state index contributed by atoms with van der Waals surface area (Å²) in [5, 5.41) is 12.3. The van der Waals surface area contributed by atoms with Gasteiger partial charge in [0.2, 0.25) is 10.0 Å². The topological polar surface area (TPSA) is 110 Å². The molecule has 1 aromatic heterocycles. The van der Waals surface area contributed by atoms with Gasteiger partial charge in [-0.3, -0.25) is 14.1 Å². The second-order valence-electron chi connectivity index (χ2n) is 8.16. The van der Waals surface area contributed by atoms with Crippen molar-refractivity contribution in [2.45, 2.75) is 50.9 Å². The Balaban J connectivity index is 2.09. The van der Waals surface area contributed by atoms with Gasteiger partial charge in [-0.1, -0.05) is 12.5 Å². The van der Waals surface area contributed by atoms with E-state index in [0.29, 0.717) is 19.4 Å². The van der Waals surface area contributed by atoms with E-state index in [4.69, 9.17) is 4.74 Å². The van der Waals surface area contributed by atoms with E-state index in [2.05, 4.69) is 10.0 Å². The predicted octanol–water partition coefficient (Wildman–Crippen LogP) is 3.16. The van der Waals surface area contributed by atoms with Gasteiger partial charge in [0.05, 0.1) is 22.7 Å². The van der Waals surface area contributed by atoms with Crippen molar-refractivity contribution in [1.82, 2.24) is 4.57 Å². The second-order valence-corrected chi connectivity index (χ2v) is 10.2. The minimum absolute atomic E-state index is 0.0128. The first-order valence-corrected chi connectivity index (χ1v) is 12.1. The fraction of sp³-hybridized carbons (Fsp3) is 0.500. The number of ether oxygens (including phenoxy) is 1.